The topological polar surface area (TPSA) is 56.1 Å². The third-order valence-electron chi connectivity index (χ3n) is 6.97. The van der Waals surface area contributed by atoms with Crippen LogP contribution in [0.15, 0.2) is 18.2 Å². The molecule has 4 aliphatic rings. The van der Waals surface area contributed by atoms with E-state index < -0.39 is 53.7 Å². The Hall–Kier alpha value is -2.44. The predicted molar refractivity (Wildman–Crippen MR) is 98.9 cm³/mol. The Morgan fingerprint density at radius 2 is 1.84 bits per heavy atom. The molecule has 2 saturated carbocycles. The van der Waals surface area contributed by atoms with Crippen molar-refractivity contribution in [3.8, 4) is 6.07 Å². The van der Waals surface area contributed by atoms with Crippen molar-refractivity contribution < 1.29 is 31.1 Å². The maximum absolute atomic E-state index is 13.4. The first-order valence-corrected chi connectivity index (χ1v) is 10.2. The van der Waals surface area contributed by atoms with Gasteiger partial charge in [0, 0.05) is 24.2 Å². The zero-order chi connectivity index (χ0) is 22.6. The summed E-state index contributed by atoms with van der Waals surface area (Å²) in [6, 6.07) is 4.15. The van der Waals surface area contributed by atoms with Crippen LogP contribution in [0.4, 0.5) is 36.8 Å². The van der Waals surface area contributed by atoms with Crippen molar-refractivity contribution in [3.05, 3.63) is 29.3 Å². The number of alkyl halides is 6. The molecule has 2 bridgehead atoms. The van der Waals surface area contributed by atoms with E-state index in [0.29, 0.717) is 25.7 Å². The highest BCUT2D eigenvalue weighted by Gasteiger charge is 2.53. The average molecular weight is 445 g/mol. The standard InChI is InChI=1S/C21H21F6N3O/c22-20(23,24)17-6-3-13(7-16(17)15-5-2-11(15)9-28)29-19(31)30-10-12-1-4-14(30)8-18(12)21(25,26)27/h3,6-7,11-12,14-15,18H,1-2,4-5,8,10H2,(H,29,31)/t11-,12?,14?,15+,18?/m1/s1. The molecule has 5 rings (SSSR count). The number of fused-ring (bicyclic) bond motifs is 3. The Labute approximate surface area is 175 Å². The number of nitrogens with one attached hydrogen (secondary N) is 1. The Morgan fingerprint density at radius 3 is 2.35 bits per heavy atom. The van der Waals surface area contributed by atoms with Crippen molar-refractivity contribution in [3.63, 3.8) is 0 Å². The summed E-state index contributed by atoms with van der Waals surface area (Å²) in [5.41, 5.74) is -0.716. The first-order chi connectivity index (χ1) is 14.5. The van der Waals surface area contributed by atoms with Crippen molar-refractivity contribution in [2.75, 3.05) is 11.9 Å². The van der Waals surface area contributed by atoms with Crippen molar-refractivity contribution in [2.45, 2.75) is 56.4 Å². The Morgan fingerprint density at radius 1 is 1.10 bits per heavy atom. The van der Waals surface area contributed by atoms with E-state index in [1.165, 1.54) is 11.0 Å². The van der Waals surface area contributed by atoms with E-state index >= 15 is 0 Å². The molecule has 0 aromatic heterocycles. The van der Waals surface area contributed by atoms with Gasteiger partial charge in [-0.15, -0.1) is 0 Å². The van der Waals surface area contributed by atoms with Crippen LogP contribution in [-0.4, -0.2) is 29.7 Å². The van der Waals surface area contributed by atoms with Gasteiger partial charge in [-0.1, -0.05) is 0 Å². The fraction of sp³-hybridized carbons (Fsp3) is 0.619. The molecule has 2 heterocycles. The van der Waals surface area contributed by atoms with Crippen LogP contribution < -0.4 is 5.32 Å². The van der Waals surface area contributed by atoms with Crippen molar-refractivity contribution in [1.82, 2.24) is 4.90 Å². The van der Waals surface area contributed by atoms with E-state index in [-0.39, 0.29) is 24.2 Å². The molecule has 168 valence electrons. The summed E-state index contributed by atoms with van der Waals surface area (Å²) in [6.45, 7) is -0.0205. The summed E-state index contributed by atoms with van der Waals surface area (Å²) in [7, 11) is 0. The summed E-state index contributed by atoms with van der Waals surface area (Å²) in [6.07, 6.45) is -7.18. The van der Waals surface area contributed by atoms with Gasteiger partial charge in [-0.3, -0.25) is 0 Å². The number of rotatable bonds is 2. The van der Waals surface area contributed by atoms with Crippen LogP contribution in [0.1, 0.15) is 49.1 Å². The van der Waals surface area contributed by atoms with E-state index in [0.717, 1.165) is 12.1 Å². The van der Waals surface area contributed by atoms with Crippen molar-refractivity contribution in [2.24, 2.45) is 17.8 Å². The Balaban J connectivity index is 1.52. The maximum atomic E-state index is 13.4. The Bertz CT molecular complexity index is 906. The summed E-state index contributed by atoms with van der Waals surface area (Å²) in [4.78, 5) is 14.1. The van der Waals surface area contributed by atoms with Gasteiger partial charge in [0.1, 0.15) is 0 Å². The molecular formula is C21H21F6N3O. The van der Waals surface area contributed by atoms with E-state index in [1.807, 2.05) is 6.07 Å². The van der Waals surface area contributed by atoms with Crippen molar-refractivity contribution in [1.29, 1.82) is 5.26 Å². The predicted octanol–water partition coefficient (Wildman–Crippen LogP) is 5.92. The van der Waals surface area contributed by atoms with Gasteiger partial charge < -0.3 is 10.2 Å². The van der Waals surface area contributed by atoms with Gasteiger partial charge in [0.2, 0.25) is 0 Å². The Kier molecular flexibility index (Phi) is 5.34. The molecular weight excluding hydrogens is 424 g/mol. The number of hydrogen-bond donors (Lipinski definition) is 1. The minimum atomic E-state index is -4.59. The third-order valence-corrected chi connectivity index (χ3v) is 6.97. The smallest absolute Gasteiger partial charge is 0.321 e. The van der Waals surface area contributed by atoms with Crippen LogP contribution in [0, 0.1) is 29.1 Å². The van der Waals surface area contributed by atoms with Crippen LogP contribution in [0.5, 0.6) is 0 Å². The summed E-state index contributed by atoms with van der Waals surface area (Å²) >= 11 is 0. The second-order valence-electron chi connectivity index (χ2n) is 8.68. The molecule has 2 aliphatic heterocycles. The lowest BCUT2D eigenvalue weighted by Gasteiger charge is -2.49. The first-order valence-electron chi connectivity index (χ1n) is 10.2. The molecule has 1 aromatic rings. The zero-order valence-electron chi connectivity index (χ0n) is 16.4. The third kappa shape index (κ3) is 4.06. The number of nitrogens with zero attached hydrogens (tertiary/aromatic N) is 2. The van der Waals surface area contributed by atoms with Gasteiger partial charge in [0.05, 0.1) is 23.5 Å². The van der Waals surface area contributed by atoms with Crippen LogP contribution in [0.25, 0.3) is 0 Å². The molecule has 2 aliphatic carbocycles. The average Bonchev–Trinajstić information content (AvgIpc) is 2.66. The van der Waals surface area contributed by atoms with Gasteiger partial charge >= 0.3 is 18.4 Å². The molecule has 10 heteroatoms. The highest BCUT2D eigenvalue weighted by Crippen LogP contribution is 2.48. The lowest BCUT2D eigenvalue weighted by Crippen LogP contribution is -2.57. The lowest BCUT2D eigenvalue weighted by atomic mass is 9.69. The fourth-order valence-electron chi connectivity index (χ4n) is 5.19. The van der Waals surface area contributed by atoms with E-state index in [2.05, 4.69) is 5.32 Å². The van der Waals surface area contributed by atoms with Crippen LogP contribution in [0.2, 0.25) is 0 Å². The molecule has 31 heavy (non-hydrogen) atoms. The van der Waals surface area contributed by atoms with E-state index in [9.17, 15) is 31.1 Å². The number of nitriles is 1. The molecule has 5 atom stereocenters. The number of carbonyl (C=O) groups is 1. The molecule has 4 nitrogen and oxygen atoms in total. The van der Waals surface area contributed by atoms with Gasteiger partial charge in [-0.2, -0.15) is 31.6 Å². The number of hydrogen-bond acceptors (Lipinski definition) is 2. The molecule has 4 fully saturated rings. The van der Waals surface area contributed by atoms with Crippen LogP contribution in [0.3, 0.4) is 0 Å². The molecule has 1 N–H and O–H groups in total. The van der Waals surface area contributed by atoms with Gasteiger partial charge in [-0.25, -0.2) is 4.79 Å². The molecule has 3 unspecified atom stereocenters. The monoisotopic (exact) mass is 445 g/mol. The second kappa shape index (κ2) is 7.61. The largest absolute Gasteiger partial charge is 0.416 e. The number of halogens is 6. The van der Waals surface area contributed by atoms with Crippen LogP contribution in [-0.2, 0) is 6.18 Å². The highest BCUT2D eigenvalue weighted by molar-refractivity contribution is 5.90. The molecule has 2 amide bonds. The van der Waals surface area contributed by atoms with Gasteiger partial charge in [0.15, 0.2) is 0 Å². The van der Waals surface area contributed by atoms with Gasteiger partial charge in [0.25, 0.3) is 0 Å². The molecule has 1 aromatic carbocycles. The zero-order valence-corrected chi connectivity index (χ0v) is 16.4. The lowest BCUT2D eigenvalue weighted by molar-refractivity contribution is -0.212. The minimum absolute atomic E-state index is 0.0205. The summed E-state index contributed by atoms with van der Waals surface area (Å²) in [5, 5.41) is 11.7. The number of piperidine rings is 2. The SMILES string of the molecule is N#C[C@H]1CC[C@@H]1c1cc(NC(=O)N2CC3CCC2CC3C(F)(F)F)ccc1C(F)(F)F. The number of amides is 2. The quantitative estimate of drug-likeness (QED) is 0.575. The molecule has 2 saturated heterocycles. The summed E-state index contributed by atoms with van der Waals surface area (Å²) < 4.78 is 79.9. The minimum Gasteiger partial charge on any atom is -0.321 e. The normalized spacial score (nSPS) is 30.5. The maximum Gasteiger partial charge on any atom is 0.416 e. The number of urea groups is 1. The first kappa shape index (κ1) is 21.8. The van der Waals surface area contributed by atoms with Crippen LogP contribution >= 0.6 is 0 Å². The summed E-state index contributed by atoms with van der Waals surface area (Å²) in [5.74, 6) is -3.15. The number of benzene rings is 1. The fourth-order valence-corrected chi connectivity index (χ4v) is 5.19. The number of carbonyl (C=O) groups excluding carboxylic acids is 1. The highest BCUT2D eigenvalue weighted by atomic mass is 19.4. The van der Waals surface area contributed by atoms with Gasteiger partial charge in [-0.05, 0) is 61.8 Å². The molecule has 0 spiro atoms. The second-order valence-corrected chi connectivity index (χ2v) is 8.68. The van der Waals surface area contributed by atoms with E-state index in [1.54, 1.807) is 0 Å². The molecule has 0 radical (unpaired) electrons. The van der Waals surface area contributed by atoms with Crippen molar-refractivity contribution >= 4 is 11.7 Å². The number of anilines is 1. The van der Waals surface area contributed by atoms with E-state index in [4.69, 9.17) is 5.26 Å².